The largest absolute Gasteiger partial charge is 0.456 e. The molecule has 0 atom stereocenters. The number of hydrogen-bond donors (Lipinski definition) is 0. The monoisotopic (exact) mass is 784 g/mol. The van der Waals surface area contributed by atoms with E-state index in [0.717, 1.165) is 35.1 Å². The molecule has 3 nitrogen and oxygen atoms in total. The molecule has 0 aliphatic heterocycles. The number of carbonyl (C=O) groups excluding carboxylic acids is 1. The van der Waals surface area contributed by atoms with Gasteiger partial charge in [-0.05, 0) is 42.2 Å². The van der Waals surface area contributed by atoms with Gasteiger partial charge in [-0.25, -0.2) is 0 Å². The minimum Gasteiger partial charge on any atom is -0.456 e. The molecular weight excluding hydrogens is 730 g/mol. The summed E-state index contributed by atoms with van der Waals surface area (Å²) in [5.74, 6) is 0.787. The van der Waals surface area contributed by atoms with Gasteiger partial charge < -0.3 is 19.3 Å². The predicted molar refractivity (Wildman–Crippen MR) is 200 cm³/mol. The second-order valence-electron chi connectivity index (χ2n) is 8.40. The number of allylic oxidation sites excluding steroid dienone is 1. The Balaban J connectivity index is -0.000000304. The molecule has 0 N–H and O–H groups in total. The maximum absolute atomic E-state index is 12.4. The van der Waals surface area contributed by atoms with E-state index < -0.39 is 0 Å². The van der Waals surface area contributed by atoms with Crippen LogP contribution < -0.4 is 5.43 Å². The van der Waals surface area contributed by atoms with Crippen LogP contribution in [0.5, 0.6) is 0 Å². The number of para-hydroxylation sites is 1. The zero-order valence-electron chi connectivity index (χ0n) is 30.3. The van der Waals surface area contributed by atoms with Gasteiger partial charge in [-0.1, -0.05) is 152 Å². The van der Waals surface area contributed by atoms with Gasteiger partial charge in [-0.2, -0.15) is 0 Å². The number of ketones is 1. The number of carbonyl (C=O) groups is 1. The van der Waals surface area contributed by atoms with E-state index in [0.29, 0.717) is 16.7 Å². The van der Waals surface area contributed by atoms with Crippen LogP contribution >= 0.6 is 0 Å². The fraction of sp³-hybridized carbons (Fsp3) is 0.238. The molecule has 47 heavy (non-hydrogen) atoms. The fourth-order valence-corrected chi connectivity index (χ4v) is 4.25. The van der Waals surface area contributed by atoms with Crippen LogP contribution in [0.2, 0.25) is 0 Å². The molecule has 0 saturated heterocycles. The molecule has 0 saturated carbocycles. The Morgan fingerprint density at radius 2 is 1.06 bits per heavy atom. The standard InChI is InChI=1S/C17H14O.C15H10O2.4C2H6.2CH3.2Y/c18-17-15(12-13-6-2-1-3-7-13)11-10-14-8-4-5-9-16(14)17;16-13-10-15(11-6-2-1-3-7-11)17-14-9-5-4-8-12(13)14;4*1-2;;;;/h1-9,12H,10-11H2;1-10H;4*1-2H3;2*1H3;;/q;;;;;;2*-1;;/b15-12+;;;;;;;;;. The molecule has 1 aliphatic rings. The van der Waals surface area contributed by atoms with Crippen molar-refractivity contribution in [3.63, 3.8) is 0 Å². The second-order valence-corrected chi connectivity index (χ2v) is 8.40. The molecule has 1 aromatic heterocycles. The van der Waals surface area contributed by atoms with Crippen molar-refractivity contribution in [3.05, 3.63) is 163 Å². The van der Waals surface area contributed by atoms with Crippen molar-refractivity contribution in [3.8, 4) is 11.3 Å². The van der Waals surface area contributed by atoms with Crippen LogP contribution in [0.25, 0.3) is 28.4 Å². The Kier molecular flexibility index (Phi) is 34.0. The summed E-state index contributed by atoms with van der Waals surface area (Å²) in [5, 5.41) is 0.618. The average molecular weight is 785 g/mol. The number of hydrogen-bond acceptors (Lipinski definition) is 3. The average Bonchev–Trinajstić information content (AvgIpc) is 3.11. The molecule has 248 valence electrons. The van der Waals surface area contributed by atoms with Crippen LogP contribution in [0.1, 0.15) is 83.3 Å². The van der Waals surface area contributed by atoms with Gasteiger partial charge >= 0.3 is 0 Å². The van der Waals surface area contributed by atoms with Gasteiger partial charge in [-0.15, -0.1) is 0 Å². The minimum atomic E-state index is -0.00861. The first kappa shape index (κ1) is 51.5. The summed E-state index contributed by atoms with van der Waals surface area (Å²) < 4.78 is 5.73. The molecule has 1 heterocycles. The Bertz CT molecular complexity index is 1570. The maximum Gasteiger partial charge on any atom is 0.193 e. The summed E-state index contributed by atoms with van der Waals surface area (Å²) >= 11 is 0. The van der Waals surface area contributed by atoms with Gasteiger partial charge in [0, 0.05) is 88.2 Å². The van der Waals surface area contributed by atoms with Crippen LogP contribution in [0.3, 0.4) is 0 Å². The molecule has 4 aromatic carbocycles. The smallest absolute Gasteiger partial charge is 0.193 e. The number of fused-ring (bicyclic) bond motifs is 2. The van der Waals surface area contributed by atoms with Crippen LogP contribution in [-0.4, -0.2) is 5.78 Å². The van der Waals surface area contributed by atoms with Crippen LogP contribution in [-0.2, 0) is 71.8 Å². The Morgan fingerprint density at radius 1 is 0.574 bits per heavy atom. The third-order valence-electron chi connectivity index (χ3n) is 6.05. The van der Waals surface area contributed by atoms with Gasteiger partial charge in [0.2, 0.25) is 0 Å². The predicted octanol–water partition coefficient (Wildman–Crippen LogP) is 12.4. The van der Waals surface area contributed by atoms with E-state index in [-0.39, 0.29) is 91.5 Å². The summed E-state index contributed by atoms with van der Waals surface area (Å²) in [5.41, 5.74) is 5.58. The SMILES string of the molecule is CC.CC.CC.CC.O=C1/C(=C/c2ccccc2)CCc2ccccc21.O=c1cc(-c2ccccc2)oc2ccccc12.[CH3-].[CH3-].[Y].[Y]. The Labute approximate surface area is 336 Å². The van der Waals surface area contributed by atoms with Crippen molar-refractivity contribution in [2.24, 2.45) is 0 Å². The third-order valence-corrected chi connectivity index (χ3v) is 6.05. The molecule has 1 aliphatic carbocycles. The second kappa shape index (κ2) is 31.0. The summed E-state index contributed by atoms with van der Waals surface area (Å²) in [4.78, 5) is 24.3. The van der Waals surface area contributed by atoms with Gasteiger partial charge in [0.15, 0.2) is 11.2 Å². The number of benzene rings is 4. The molecule has 6 rings (SSSR count). The maximum atomic E-state index is 12.4. The Morgan fingerprint density at radius 3 is 1.66 bits per heavy atom. The summed E-state index contributed by atoms with van der Waals surface area (Å²) in [6.45, 7) is 16.0. The fourth-order valence-electron chi connectivity index (χ4n) is 4.25. The van der Waals surface area contributed by atoms with E-state index in [1.54, 1.807) is 6.07 Å². The first-order valence-electron chi connectivity index (χ1n) is 15.7. The first-order chi connectivity index (χ1) is 21.2. The first-order valence-corrected chi connectivity index (χ1v) is 15.7. The number of rotatable bonds is 2. The molecule has 5 heteroatoms. The molecule has 0 fully saturated rings. The molecule has 0 spiro atoms. The van der Waals surface area contributed by atoms with E-state index in [9.17, 15) is 9.59 Å². The quantitative estimate of drug-likeness (QED) is 0.132. The molecule has 0 unspecified atom stereocenters. The molecule has 0 bridgehead atoms. The normalized spacial score (nSPS) is 10.7. The van der Waals surface area contributed by atoms with Crippen LogP contribution in [0, 0.1) is 14.9 Å². The topological polar surface area (TPSA) is 47.3 Å². The van der Waals surface area contributed by atoms with Crippen molar-refractivity contribution in [1.29, 1.82) is 0 Å². The van der Waals surface area contributed by atoms with E-state index in [2.05, 4.69) is 0 Å². The summed E-state index contributed by atoms with van der Waals surface area (Å²) in [6.07, 6.45) is 3.81. The number of aryl methyl sites for hydroxylation is 1. The summed E-state index contributed by atoms with van der Waals surface area (Å²) in [6, 6.07) is 36.4. The van der Waals surface area contributed by atoms with Crippen molar-refractivity contribution in [1.82, 2.24) is 0 Å². The van der Waals surface area contributed by atoms with Crippen molar-refractivity contribution >= 4 is 22.8 Å². The zero-order chi connectivity index (χ0) is 32.0. The molecular formula is C42H54O3Y2-2. The van der Waals surface area contributed by atoms with Crippen molar-refractivity contribution in [2.45, 2.75) is 68.2 Å². The minimum absolute atomic E-state index is 0. The summed E-state index contributed by atoms with van der Waals surface area (Å²) in [7, 11) is 0. The van der Waals surface area contributed by atoms with Crippen molar-refractivity contribution < 1.29 is 74.6 Å². The van der Waals surface area contributed by atoms with Crippen LogP contribution in [0.15, 0.2) is 130 Å². The van der Waals surface area contributed by atoms with Crippen LogP contribution in [0.4, 0.5) is 0 Å². The van der Waals surface area contributed by atoms with E-state index >= 15 is 0 Å². The van der Waals surface area contributed by atoms with Crippen molar-refractivity contribution in [2.75, 3.05) is 0 Å². The molecule has 0 amide bonds. The number of Topliss-reactive ketones (excluding diaryl/α,β-unsaturated/α-hetero) is 1. The van der Waals surface area contributed by atoms with Gasteiger partial charge in [0.1, 0.15) is 11.3 Å². The molecule has 5 aromatic rings. The molecule has 2 radical (unpaired) electrons. The van der Waals surface area contributed by atoms with E-state index in [1.165, 1.54) is 11.6 Å². The zero-order valence-corrected chi connectivity index (χ0v) is 36.0. The van der Waals surface area contributed by atoms with Gasteiger partial charge in [0.05, 0.1) is 5.39 Å². The Hall–Kier alpha value is -2.29. The van der Waals surface area contributed by atoms with Gasteiger partial charge in [-0.3, -0.25) is 9.59 Å². The third kappa shape index (κ3) is 16.1. The van der Waals surface area contributed by atoms with E-state index in [1.807, 2.05) is 165 Å². The van der Waals surface area contributed by atoms with E-state index in [4.69, 9.17) is 4.42 Å². The van der Waals surface area contributed by atoms with Gasteiger partial charge in [0.25, 0.3) is 0 Å².